The number of hydrogen-bond donors (Lipinski definition) is 1. The van der Waals surface area contributed by atoms with Crippen molar-refractivity contribution in [3.63, 3.8) is 0 Å². The Bertz CT molecular complexity index is 917. The summed E-state index contributed by atoms with van der Waals surface area (Å²) in [6.07, 6.45) is 0.384. The second-order valence-electron chi connectivity index (χ2n) is 6.17. The van der Waals surface area contributed by atoms with E-state index in [1.165, 1.54) is 25.1 Å². The predicted molar refractivity (Wildman–Crippen MR) is 97.6 cm³/mol. The number of nitrogens with zero attached hydrogens (tertiary/aromatic N) is 3. The van der Waals surface area contributed by atoms with Crippen LogP contribution in [0.2, 0.25) is 0 Å². The molecule has 0 aliphatic rings. The van der Waals surface area contributed by atoms with E-state index in [1.54, 1.807) is 23.6 Å². The largest absolute Gasteiger partial charge is 0.572 e. The summed E-state index contributed by atoms with van der Waals surface area (Å²) in [6, 6.07) is 2.83. The lowest BCUT2D eigenvalue weighted by Gasteiger charge is -2.09. The number of alkyl halides is 3. The lowest BCUT2D eigenvalue weighted by molar-refractivity contribution is -0.384. The van der Waals surface area contributed by atoms with Crippen LogP contribution in [0.1, 0.15) is 32.2 Å². The van der Waals surface area contributed by atoms with Crippen LogP contribution in [-0.2, 0) is 17.7 Å². The number of pyridine rings is 1. The average Bonchev–Trinajstić information content (AvgIpc) is 2.95. The maximum atomic E-state index is 12.1. The van der Waals surface area contributed by atoms with Gasteiger partial charge in [-0.2, -0.15) is 0 Å². The molecule has 152 valence electrons. The SMILES string of the molecule is CCc1nc2cc([N+](=O)[O-])ccn2c1CNC/C(C)=C/C=C(\C)OC(F)(F)F. The predicted octanol–water partition coefficient (Wildman–Crippen LogP) is 4.28. The van der Waals surface area contributed by atoms with Gasteiger partial charge in [0.15, 0.2) is 0 Å². The number of hydrogen-bond acceptors (Lipinski definition) is 5. The third kappa shape index (κ3) is 5.81. The Morgan fingerprint density at radius 3 is 2.71 bits per heavy atom. The van der Waals surface area contributed by atoms with Crippen LogP contribution in [-0.4, -0.2) is 27.2 Å². The van der Waals surface area contributed by atoms with Crippen molar-refractivity contribution in [2.24, 2.45) is 0 Å². The monoisotopic (exact) mass is 398 g/mol. The van der Waals surface area contributed by atoms with E-state index in [2.05, 4.69) is 15.0 Å². The van der Waals surface area contributed by atoms with Gasteiger partial charge in [-0.15, -0.1) is 13.2 Å². The van der Waals surface area contributed by atoms with Crippen molar-refractivity contribution in [3.05, 3.63) is 63.3 Å². The first-order valence-electron chi connectivity index (χ1n) is 8.55. The van der Waals surface area contributed by atoms with Gasteiger partial charge in [-0.05, 0) is 26.3 Å². The topological polar surface area (TPSA) is 81.7 Å². The van der Waals surface area contributed by atoms with Crippen molar-refractivity contribution >= 4 is 11.3 Å². The summed E-state index contributed by atoms with van der Waals surface area (Å²) in [5, 5.41) is 14.1. The summed E-state index contributed by atoms with van der Waals surface area (Å²) in [7, 11) is 0. The standard InChI is InChI=1S/C18H21F3N4O3/c1-4-15-16(24-8-7-14(25(26)27)9-17(24)23-15)11-22-10-12(2)5-6-13(3)28-18(19,20)21/h5-9,22H,4,10-11H2,1-3H3/b12-5+,13-6+. The van der Waals surface area contributed by atoms with Crippen molar-refractivity contribution in [1.82, 2.24) is 14.7 Å². The molecule has 0 fully saturated rings. The average molecular weight is 398 g/mol. The Balaban J connectivity index is 2.06. The zero-order valence-electron chi connectivity index (χ0n) is 15.7. The number of halogens is 3. The van der Waals surface area contributed by atoms with Gasteiger partial charge in [0.25, 0.3) is 5.69 Å². The van der Waals surface area contributed by atoms with Gasteiger partial charge in [0.1, 0.15) is 11.4 Å². The molecular formula is C18H21F3N4O3. The molecule has 2 heterocycles. The van der Waals surface area contributed by atoms with E-state index < -0.39 is 11.3 Å². The second-order valence-corrected chi connectivity index (χ2v) is 6.17. The quantitative estimate of drug-likeness (QED) is 0.311. The van der Waals surface area contributed by atoms with Gasteiger partial charge in [-0.1, -0.05) is 18.6 Å². The molecule has 0 aromatic carbocycles. The van der Waals surface area contributed by atoms with Gasteiger partial charge in [-0.3, -0.25) is 10.1 Å². The van der Waals surface area contributed by atoms with Crippen molar-refractivity contribution in [2.45, 2.75) is 40.1 Å². The van der Waals surface area contributed by atoms with Crippen LogP contribution in [0.15, 0.2) is 41.8 Å². The number of nitrogens with one attached hydrogen (secondary N) is 1. The molecule has 0 saturated heterocycles. The normalized spacial score (nSPS) is 13.2. The highest BCUT2D eigenvalue weighted by molar-refractivity contribution is 5.50. The molecular weight excluding hydrogens is 377 g/mol. The maximum Gasteiger partial charge on any atom is 0.572 e. The first-order valence-corrected chi connectivity index (χ1v) is 8.55. The van der Waals surface area contributed by atoms with Crippen molar-refractivity contribution in [2.75, 3.05) is 6.54 Å². The van der Waals surface area contributed by atoms with Crippen LogP contribution in [0.5, 0.6) is 0 Å². The first-order chi connectivity index (χ1) is 13.1. The Hall–Kier alpha value is -2.88. The Labute approximate surface area is 159 Å². The van der Waals surface area contributed by atoms with Crippen LogP contribution < -0.4 is 5.32 Å². The van der Waals surface area contributed by atoms with Gasteiger partial charge in [0.05, 0.1) is 22.4 Å². The van der Waals surface area contributed by atoms with E-state index in [4.69, 9.17) is 0 Å². The molecule has 0 amide bonds. The molecule has 2 aromatic heterocycles. The highest BCUT2D eigenvalue weighted by Crippen LogP contribution is 2.21. The molecule has 1 N–H and O–H groups in total. The van der Waals surface area contributed by atoms with Crippen LogP contribution in [0.3, 0.4) is 0 Å². The maximum absolute atomic E-state index is 12.1. The molecule has 0 atom stereocenters. The Kier molecular flexibility index (Phi) is 6.79. The summed E-state index contributed by atoms with van der Waals surface area (Å²) in [6.45, 7) is 5.85. The number of rotatable bonds is 8. The third-order valence-electron chi connectivity index (χ3n) is 3.91. The van der Waals surface area contributed by atoms with Gasteiger partial charge >= 0.3 is 6.36 Å². The van der Waals surface area contributed by atoms with Crippen LogP contribution in [0, 0.1) is 10.1 Å². The molecule has 0 aliphatic heterocycles. The number of nitro groups is 1. The minimum atomic E-state index is -4.70. The fourth-order valence-corrected chi connectivity index (χ4v) is 2.63. The lowest BCUT2D eigenvalue weighted by atomic mass is 10.2. The zero-order chi connectivity index (χ0) is 20.9. The molecule has 10 heteroatoms. The molecule has 0 saturated carbocycles. The van der Waals surface area contributed by atoms with Crippen molar-refractivity contribution in [3.8, 4) is 0 Å². The number of aromatic nitrogens is 2. The molecule has 28 heavy (non-hydrogen) atoms. The lowest BCUT2D eigenvalue weighted by Crippen LogP contribution is -2.18. The highest BCUT2D eigenvalue weighted by atomic mass is 19.4. The molecule has 0 spiro atoms. The number of fused-ring (bicyclic) bond motifs is 1. The van der Waals surface area contributed by atoms with E-state index >= 15 is 0 Å². The van der Waals surface area contributed by atoms with Crippen LogP contribution in [0.4, 0.5) is 18.9 Å². The van der Waals surface area contributed by atoms with E-state index in [1.807, 2.05) is 6.92 Å². The van der Waals surface area contributed by atoms with Gasteiger partial charge in [-0.25, -0.2) is 4.98 Å². The van der Waals surface area contributed by atoms with Crippen LogP contribution >= 0.6 is 0 Å². The number of allylic oxidation sites excluding steroid dienone is 3. The molecule has 0 radical (unpaired) electrons. The van der Waals surface area contributed by atoms with E-state index in [0.717, 1.165) is 17.0 Å². The van der Waals surface area contributed by atoms with Crippen molar-refractivity contribution < 1.29 is 22.8 Å². The number of aryl methyl sites for hydroxylation is 1. The zero-order valence-corrected chi connectivity index (χ0v) is 15.7. The molecule has 7 nitrogen and oxygen atoms in total. The molecule has 2 rings (SSSR count). The molecule has 0 aliphatic carbocycles. The number of ether oxygens (including phenoxy) is 1. The second kappa shape index (κ2) is 8.87. The first kappa shape index (κ1) is 21.4. The van der Waals surface area contributed by atoms with E-state index in [-0.39, 0.29) is 11.4 Å². The summed E-state index contributed by atoms with van der Waals surface area (Å²) >= 11 is 0. The molecule has 0 bridgehead atoms. The Morgan fingerprint density at radius 1 is 1.39 bits per heavy atom. The highest BCUT2D eigenvalue weighted by Gasteiger charge is 2.30. The minimum absolute atomic E-state index is 0.0262. The smallest absolute Gasteiger partial charge is 0.411 e. The van der Waals surface area contributed by atoms with Gasteiger partial charge in [0.2, 0.25) is 0 Å². The van der Waals surface area contributed by atoms with Crippen molar-refractivity contribution in [1.29, 1.82) is 0 Å². The number of imidazole rings is 1. The summed E-state index contributed by atoms with van der Waals surface area (Å²) in [5.41, 5.74) is 2.99. The van der Waals surface area contributed by atoms with Crippen LogP contribution in [0.25, 0.3) is 5.65 Å². The summed E-state index contributed by atoms with van der Waals surface area (Å²) in [4.78, 5) is 14.9. The Morgan fingerprint density at radius 2 is 2.11 bits per heavy atom. The van der Waals surface area contributed by atoms with Gasteiger partial charge in [0, 0.05) is 25.4 Å². The summed E-state index contributed by atoms with van der Waals surface area (Å²) < 4.78 is 41.9. The molecule has 2 aromatic rings. The van der Waals surface area contributed by atoms with Gasteiger partial charge < -0.3 is 14.5 Å². The van der Waals surface area contributed by atoms with E-state index in [0.29, 0.717) is 25.2 Å². The third-order valence-corrected chi connectivity index (χ3v) is 3.91. The minimum Gasteiger partial charge on any atom is -0.411 e. The molecule has 0 unspecified atom stereocenters. The van der Waals surface area contributed by atoms with E-state index in [9.17, 15) is 23.3 Å². The summed E-state index contributed by atoms with van der Waals surface area (Å²) in [5.74, 6) is -0.247. The fraction of sp³-hybridized carbons (Fsp3) is 0.389. The fourth-order valence-electron chi connectivity index (χ4n) is 2.63.